The van der Waals surface area contributed by atoms with E-state index < -0.39 is 53.1 Å². The highest BCUT2D eigenvalue weighted by molar-refractivity contribution is 7.89. The molecule has 2 heterocycles. The van der Waals surface area contributed by atoms with Crippen molar-refractivity contribution < 1.29 is 31.5 Å². The first kappa shape index (κ1) is 30.6. The molecule has 0 bridgehead atoms. The second-order valence-corrected chi connectivity index (χ2v) is 18.3. The van der Waals surface area contributed by atoms with E-state index in [4.69, 9.17) is 21.1 Å². The highest BCUT2D eigenvalue weighted by atomic mass is 35.5. The Morgan fingerprint density at radius 2 is 2.00 bits per heavy atom. The molecular formula is C24H30ClF2N5O5SSi. The van der Waals surface area contributed by atoms with E-state index in [0.29, 0.717) is 10.9 Å². The largest absolute Gasteiger partial charge is 0.416 e. The van der Waals surface area contributed by atoms with Crippen molar-refractivity contribution in [3.63, 3.8) is 0 Å². The number of hydrogen-bond donors (Lipinski definition) is 1. The zero-order valence-electron chi connectivity index (χ0n) is 22.2. The Morgan fingerprint density at radius 3 is 2.64 bits per heavy atom. The fraction of sp³-hybridized carbons (Fsp3) is 0.417. The van der Waals surface area contributed by atoms with Gasteiger partial charge in [-0.3, -0.25) is 5.32 Å². The normalized spacial score (nSPS) is 19.4. The third kappa shape index (κ3) is 8.27. The van der Waals surface area contributed by atoms with Gasteiger partial charge >= 0.3 is 12.1 Å². The van der Waals surface area contributed by atoms with E-state index in [1.165, 1.54) is 32.3 Å². The van der Waals surface area contributed by atoms with Gasteiger partial charge in [0, 0.05) is 27.3 Å². The van der Waals surface area contributed by atoms with E-state index in [2.05, 4.69) is 39.9 Å². The SMILES string of the molecule is CN1C(OC(=O)NCOCC[Si](C)(C)C)=NC(C)(c2cc(C=C(F)c3cnc(Cl)cn3)ccc2F)CS1(=O)=O. The van der Waals surface area contributed by atoms with Gasteiger partial charge in [0.1, 0.15) is 28.9 Å². The second kappa shape index (κ2) is 12.1. The van der Waals surface area contributed by atoms with Crippen LogP contribution in [0.5, 0.6) is 0 Å². The minimum absolute atomic E-state index is 0.0890. The lowest BCUT2D eigenvalue weighted by molar-refractivity contribution is 0.118. The number of alkyl carbamates (subject to hydrolysis) is 1. The van der Waals surface area contributed by atoms with E-state index in [1.54, 1.807) is 0 Å². The molecule has 1 aliphatic rings. The molecule has 1 aliphatic heterocycles. The molecule has 0 saturated heterocycles. The highest BCUT2D eigenvalue weighted by Crippen LogP contribution is 2.35. The summed E-state index contributed by atoms with van der Waals surface area (Å²) in [5.41, 5.74) is -1.72. The summed E-state index contributed by atoms with van der Waals surface area (Å²) in [6.45, 7) is 8.26. The van der Waals surface area contributed by atoms with Gasteiger partial charge in [-0.15, -0.1) is 0 Å². The Bertz CT molecular complexity index is 1390. The number of benzene rings is 1. The van der Waals surface area contributed by atoms with E-state index >= 15 is 4.39 Å². The molecule has 0 saturated carbocycles. The van der Waals surface area contributed by atoms with Crippen molar-refractivity contribution in [1.82, 2.24) is 19.6 Å². The number of sulfonamides is 1. The Morgan fingerprint density at radius 1 is 1.28 bits per heavy atom. The third-order valence-corrected chi connectivity index (χ3v) is 9.54. The van der Waals surface area contributed by atoms with Crippen LogP contribution in [-0.2, 0) is 25.0 Å². The van der Waals surface area contributed by atoms with Gasteiger partial charge in [0.15, 0.2) is 5.83 Å². The van der Waals surface area contributed by atoms with Crippen molar-refractivity contribution in [1.29, 1.82) is 0 Å². The van der Waals surface area contributed by atoms with Gasteiger partial charge < -0.3 is 9.47 Å². The fourth-order valence-corrected chi connectivity index (χ4v) is 5.79. The van der Waals surface area contributed by atoms with Crippen LogP contribution in [0.1, 0.15) is 23.7 Å². The van der Waals surface area contributed by atoms with Crippen molar-refractivity contribution in [2.24, 2.45) is 4.99 Å². The summed E-state index contributed by atoms with van der Waals surface area (Å²) in [4.78, 5) is 24.2. The molecular weight excluding hydrogens is 572 g/mol. The second-order valence-electron chi connectivity index (χ2n) is 10.3. The van der Waals surface area contributed by atoms with Gasteiger partial charge in [-0.2, -0.15) is 0 Å². The number of amides is 1. The van der Waals surface area contributed by atoms with Crippen LogP contribution < -0.4 is 5.32 Å². The molecule has 1 atom stereocenters. The lowest BCUT2D eigenvalue weighted by Gasteiger charge is -2.35. The van der Waals surface area contributed by atoms with Gasteiger partial charge in [-0.1, -0.05) is 37.3 Å². The van der Waals surface area contributed by atoms with Crippen molar-refractivity contribution in [2.75, 3.05) is 26.1 Å². The predicted octanol–water partition coefficient (Wildman–Crippen LogP) is 4.62. The van der Waals surface area contributed by atoms with Crippen molar-refractivity contribution in [3.05, 3.63) is 58.4 Å². The minimum Gasteiger partial charge on any atom is -0.375 e. The molecule has 15 heteroatoms. The number of halogens is 3. The van der Waals surface area contributed by atoms with Crippen LogP contribution >= 0.6 is 11.6 Å². The predicted molar refractivity (Wildman–Crippen MR) is 147 cm³/mol. The third-order valence-electron chi connectivity index (χ3n) is 5.72. The van der Waals surface area contributed by atoms with E-state index in [-0.39, 0.29) is 28.7 Å². The van der Waals surface area contributed by atoms with Crippen molar-refractivity contribution in [3.8, 4) is 0 Å². The number of ether oxygens (including phenoxy) is 2. The van der Waals surface area contributed by atoms with Gasteiger partial charge in [-0.25, -0.2) is 41.3 Å². The molecule has 1 aromatic carbocycles. The topological polar surface area (TPSA) is 123 Å². The number of carbonyl (C=O) groups is 1. The Kier molecular flexibility index (Phi) is 9.46. The van der Waals surface area contributed by atoms with Crippen LogP contribution in [0.2, 0.25) is 30.8 Å². The number of aromatic nitrogens is 2. The molecule has 0 fully saturated rings. The smallest absolute Gasteiger partial charge is 0.375 e. The fourth-order valence-electron chi connectivity index (χ4n) is 3.49. The Hall–Kier alpha value is -2.94. The molecule has 39 heavy (non-hydrogen) atoms. The van der Waals surface area contributed by atoms with Gasteiger partial charge in [0.2, 0.25) is 10.0 Å². The number of nitrogens with one attached hydrogen (secondary N) is 1. The van der Waals surface area contributed by atoms with Crippen LogP contribution in [0.25, 0.3) is 11.9 Å². The maximum Gasteiger partial charge on any atom is 0.416 e. The molecule has 1 unspecified atom stereocenters. The average molecular weight is 602 g/mol. The molecule has 1 amide bonds. The summed E-state index contributed by atoms with van der Waals surface area (Å²) >= 11 is 5.68. The quantitative estimate of drug-likeness (QED) is 0.266. The van der Waals surface area contributed by atoms with Crippen LogP contribution in [0.3, 0.4) is 0 Å². The first-order chi connectivity index (χ1) is 18.1. The number of aliphatic imine (C=N–C) groups is 1. The molecule has 212 valence electrons. The van der Waals surface area contributed by atoms with Crippen LogP contribution in [0, 0.1) is 5.82 Å². The number of carbonyl (C=O) groups excluding carboxylic acids is 1. The molecule has 0 aliphatic carbocycles. The Labute approximate surface area is 232 Å². The zero-order chi connectivity index (χ0) is 29.0. The monoisotopic (exact) mass is 601 g/mol. The van der Waals surface area contributed by atoms with Crippen LogP contribution in [0.4, 0.5) is 13.6 Å². The summed E-state index contributed by atoms with van der Waals surface area (Å²) in [6, 6.07) is 4.00. The average Bonchev–Trinajstić information content (AvgIpc) is 2.82. The molecule has 0 radical (unpaired) electrons. The number of amidine groups is 1. The summed E-state index contributed by atoms with van der Waals surface area (Å²) in [5.74, 6) is -2.17. The van der Waals surface area contributed by atoms with Gasteiger partial charge in [-0.05, 0) is 36.7 Å². The van der Waals surface area contributed by atoms with E-state index in [9.17, 15) is 17.6 Å². The molecule has 2 aromatic rings. The van der Waals surface area contributed by atoms with Crippen molar-refractivity contribution in [2.45, 2.75) is 38.1 Å². The molecule has 3 rings (SSSR count). The lowest BCUT2D eigenvalue weighted by atomic mass is 9.92. The van der Waals surface area contributed by atoms with Crippen LogP contribution in [-0.4, -0.2) is 69.0 Å². The van der Waals surface area contributed by atoms with Gasteiger partial charge in [0.05, 0.1) is 18.1 Å². The maximum absolute atomic E-state index is 15.0. The summed E-state index contributed by atoms with van der Waals surface area (Å²) in [5, 5.41) is 2.47. The first-order valence-electron chi connectivity index (χ1n) is 11.8. The molecule has 10 nitrogen and oxygen atoms in total. The highest BCUT2D eigenvalue weighted by Gasteiger charge is 2.44. The van der Waals surface area contributed by atoms with Crippen molar-refractivity contribution >= 4 is 53.7 Å². The standard InChI is InChI=1S/C24H30ClF2N5O5SSi/c1-24(17-10-16(6-7-18(17)26)11-19(27)20-12-29-21(25)13-28-20)14-38(34,35)32(2)22(31-24)37-23(33)30-15-36-8-9-39(3,4)5/h6-7,10-13H,8-9,14-15H2,1-5H3,(H,30,33). The summed E-state index contributed by atoms with van der Waals surface area (Å²) < 4.78 is 66.9. The number of nitrogens with zero attached hydrogens (tertiary/aromatic N) is 4. The molecule has 0 spiro atoms. The van der Waals surface area contributed by atoms with Crippen LogP contribution in [0.15, 0.2) is 35.6 Å². The minimum atomic E-state index is -4.07. The first-order valence-corrected chi connectivity index (χ1v) is 17.5. The zero-order valence-corrected chi connectivity index (χ0v) is 24.7. The summed E-state index contributed by atoms with van der Waals surface area (Å²) in [7, 11) is -4.21. The number of rotatable bonds is 8. The maximum atomic E-state index is 15.0. The van der Waals surface area contributed by atoms with Gasteiger partial charge in [0.25, 0.3) is 0 Å². The van der Waals surface area contributed by atoms with E-state index in [0.717, 1.165) is 24.4 Å². The summed E-state index contributed by atoms with van der Waals surface area (Å²) in [6.07, 6.45) is 2.41. The Balaban J connectivity index is 1.84. The van der Waals surface area contributed by atoms with E-state index in [1.807, 2.05) is 0 Å². The number of hydrogen-bond acceptors (Lipinski definition) is 8. The molecule has 1 N–H and O–H groups in total. The lowest BCUT2D eigenvalue weighted by Crippen LogP contribution is -2.49. The molecule has 1 aromatic heterocycles.